The lowest BCUT2D eigenvalue weighted by atomic mass is 9.93. The molecule has 0 saturated heterocycles. The molecule has 0 saturated carbocycles. The van der Waals surface area contributed by atoms with Gasteiger partial charge in [0.05, 0.1) is 6.04 Å². The first kappa shape index (κ1) is 14.2. The largest absolute Gasteiger partial charge is 0.309 e. The normalized spacial score (nSPS) is 12.5. The molecule has 0 aliphatic heterocycles. The van der Waals surface area contributed by atoms with E-state index in [9.17, 15) is 0 Å². The molecule has 2 aromatic carbocycles. The van der Waals surface area contributed by atoms with Gasteiger partial charge in [0.15, 0.2) is 0 Å². The van der Waals surface area contributed by atoms with Crippen molar-refractivity contribution >= 4 is 26.7 Å². The number of rotatable bonds is 3. The monoisotopic (exact) mass is 340 g/mol. The Labute approximate surface area is 133 Å². The number of nitrogens with zero attached hydrogens (tertiary/aromatic N) is 1. The van der Waals surface area contributed by atoms with Crippen molar-refractivity contribution in [2.45, 2.75) is 13.0 Å². The van der Waals surface area contributed by atoms with Gasteiger partial charge in [-0.05, 0) is 48.2 Å². The number of pyridine rings is 1. The fraction of sp³-hybridized carbons (Fsp3) is 0.167. The summed E-state index contributed by atoms with van der Waals surface area (Å²) in [6, 6.07) is 14.9. The van der Waals surface area contributed by atoms with E-state index in [1.54, 1.807) is 0 Å². The van der Waals surface area contributed by atoms with Gasteiger partial charge in [-0.2, -0.15) is 0 Å². The summed E-state index contributed by atoms with van der Waals surface area (Å²) >= 11 is 3.57. The second-order valence-corrected chi connectivity index (χ2v) is 6.09. The van der Waals surface area contributed by atoms with Crippen LogP contribution in [0.5, 0.6) is 0 Å². The Hall–Kier alpha value is -1.71. The quantitative estimate of drug-likeness (QED) is 0.752. The Morgan fingerprint density at radius 2 is 1.86 bits per heavy atom. The van der Waals surface area contributed by atoms with Crippen LogP contribution in [-0.4, -0.2) is 12.0 Å². The number of fused-ring (bicyclic) bond motifs is 1. The Bertz CT molecular complexity index is 778. The van der Waals surface area contributed by atoms with Crippen molar-refractivity contribution in [3.05, 3.63) is 76.0 Å². The van der Waals surface area contributed by atoms with Gasteiger partial charge in [-0.15, -0.1) is 0 Å². The lowest BCUT2D eigenvalue weighted by molar-refractivity contribution is 0.689. The van der Waals surface area contributed by atoms with Crippen LogP contribution >= 0.6 is 15.9 Å². The fourth-order valence-corrected chi connectivity index (χ4v) is 3.15. The van der Waals surface area contributed by atoms with E-state index in [1.165, 1.54) is 27.5 Å². The van der Waals surface area contributed by atoms with Crippen molar-refractivity contribution in [3.63, 3.8) is 0 Å². The van der Waals surface area contributed by atoms with Crippen molar-refractivity contribution in [3.8, 4) is 0 Å². The van der Waals surface area contributed by atoms with Crippen LogP contribution in [0.2, 0.25) is 0 Å². The van der Waals surface area contributed by atoms with E-state index < -0.39 is 0 Å². The van der Waals surface area contributed by atoms with Gasteiger partial charge < -0.3 is 5.32 Å². The number of halogens is 1. The third-order valence-electron chi connectivity index (χ3n) is 3.85. The summed E-state index contributed by atoms with van der Waals surface area (Å²) in [5, 5.41) is 5.85. The summed E-state index contributed by atoms with van der Waals surface area (Å²) in [4.78, 5) is 4.41. The predicted octanol–water partition coefficient (Wildman–Crippen LogP) is 4.61. The van der Waals surface area contributed by atoms with Gasteiger partial charge in [0, 0.05) is 22.3 Å². The summed E-state index contributed by atoms with van der Waals surface area (Å²) in [7, 11) is 1.99. The van der Waals surface area contributed by atoms with Crippen molar-refractivity contribution in [1.82, 2.24) is 10.3 Å². The number of aromatic nitrogens is 1. The molecule has 21 heavy (non-hydrogen) atoms. The van der Waals surface area contributed by atoms with Crippen LogP contribution in [0.15, 0.2) is 59.3 Å². The molecule has 0 bridgehead atoms. The molecule has 0 radical (unpaired) electrons. The first-order chi connectivity index (χ1) is 10.2. The Kier molecular flexibility index (Phi) is 4.04. The highest BCUT2D eigenvalue weighted by molar-refractivity contribution is 9.10. The highest BCUT2D eigenvalue weighted by atomic mass is 79.9. The molecular weight excluding hydrogens is 324 g/mol. The summed E-state index contributed by atoms with van der Waals surface area (Å²) < 4.78 is 1.09. The molecule has 1 aromatic heterocycles. The molecule has 1 N–H and O–H groups in total. The molecule has 0 aliphatic rings. The first-order valence-corrected chi connectivity index (χ1v) is 7.76. The van der Waals surface area contributed by atoms with E-state index in [1.807, 2.05) is 25.5 Å². The lowest BCUT2D eigenvalue weighted by Crippen LogP contribution is -2.19. The van der Waals surface area contributed by atoms with E-state index in [-0.39, 0.29) is 6.04 Å². The van der Waals surface area contributed by atoms with Gasteiger partial charge in [0.1, 0.15) is 0 Å². The van der Waals surface area contributed by atoms with Crippen molar-refractivity contribution in [2.75, 3.05) is 7.05 Å². The zero-order chi connectivity index (χ0) is 14.8. The van der Waals surface area contributed by atoms with Gasteiger partial charge in [-0.1, -0.05) is 46.3 Å². The highest BCUT2D eigenvalue weighted by Gasteiger charge is 2.17. The average molecular weight is 341 g/mol. The molecule has 1 heterocycles. The van der Waals surface area contributed by atoms with Crippen LogP contribution in [-0.2, 0) is 0 Å². The molecule has 1 unspecified atom stereocenters. The number of nitrogens with one attached hydrogen (secondary N) is 1. The molecule has 3 heteroatoms. The molecule has 2 nitrogen and oxygen atoms in total. The second kappa shape index (κ2) is 5.96. The van der Waals surface area contributed by atoms with Crippen molar-refractivity contribution in [1.29, 1.82) is 0 Å². The topological polar surface area (TPSA) is 24.9 Å². The Balaban J connectivity index is 2.21. The highest BCUT2D eigenvalue weighted by Crippen LogP contribution is 2.31. The van der Waals surface area contributed by atoms with Gasteiger partial charge in [-0.25, -0.2) is 0 Å². The molecule has 106 valence electrons. The van der Waals surface area contributed by atoms with E-state index >= 15 is 0 Å². The SMILES string of the molecule is CNC(c1cc(Br)ccc1C)c1cncc2ccccc12. The lowest BCUT2D eigenvalue weighted by Gasteiger charge is -2.21. The van der Waals surface area contributed by atoms with Gasteiger partial charge in [-0.3, -0.25) is 4.98 Å². The minimum absolute atomic E-state index is 0.126. The Morgan fingerprint density at radius 3 is 2.67 bits per heavy atom. The Morgan fingerprint density at radius 1 is 1.05 bits per heavy atom. The maximum atomic E-state index is 4.41. The third kappa shape index (κ3) is 2.71. The third-order valence-corrected chi connectivity index (χ3v) is 4.34. The van der Waals surface area contributed by atoms with Crippen molar-refractivity contribution in [2.24, 2.45) is 0 Å². The van der Waals surface area contributed by atoms with Crippen LogP contribution in [0, 0.1) is 6.92 Å². The van der Waals surface area contributed by atoms with E-state index in [4.69, 9.17) is 0 Å². The smallest absolute Gasteiger partial charge is 0.0598 e. The van der Waals surface area contributed by atoms with Crippen LogP contribution in [0.3, 0.4) is 0 Å². The predicted molar refractivity (Wildman–Crippen MR) is 91.5 cm³/mol. The molecular formula is C18H17BrN2. The standard InChI is InChI=1S/C18H17BrN2/c1-12-7-8-14(19)9-16(12)18(20-2)17-11-21-10-13-5-3-4-6-15(13)17/h3-11,18,20H,1-2H3. The van der Waals surface area contributed by atoms with Gasteiger partial charge >= 0.3 is 0 Å². The molecule has 0 fully saturated rings. The molecule has 1 atom stereocenters. The molecule has 3 rings (SSSR count). The number of hydrogen-bond donors (Lipinski definition) is 1. The summed E-state index contributed by atoms with van der Waals surface area (Å²) in [6.45, 7) is 2.14. The zero-order valence-corrected chi connectivity index (χ0v) is 13.7. The zero-order valence-electron chi connectivity index (χ0n) is 12.1. The molecule has 3 aromatic rings. The number of hydrogen-bond acceptors (Lipinski definition) is 2. The van der Waals surface area contributed by atoms with E-state index in [0.717, 1.165) is 4.47 Å². The van der Waals surface area contributed by atoms with Crippen LogP contribution in [0.25, 0.3) is 10.8 Å². The molecule has 0 aliphatic carbocycles. The first-order valence-electron chi connectivity index (χ1n) is 6.96. The second-order valence-electron chi connectivity index (χ2n) is 5.17. The molecule has 0 spiro atoms. The maximum Gasteiger partial charge on any atom is 0.0598 e. The van der Waals surface area contributed by atoms with Crippen LogP contribution in [0.1, 0.15) is 22.7 Å². The van der Waals surface area contributed by atoms with Crippen LogP contribution < -0.4 is 5.32 Å². The van der Waals surface area contributed by atoms with E-state index in [0.29, 0.717) is 0 Å². The average Bonchev–Trinajstić information content (AvgIpc) is 2.51. The van der Waals surface area contributed by atoms with Gasteiger partial charge in [0.25, 0.3) is 0 Å². The minimum atomic E-state index is 0.126. The number of benzene rings is 2. The van der Waals surface area contributed by atoms with Crippen molar-refractivity contribution < 1.29 is 0 Å². The maximum absolute atomic E-state index is 4.41. The summed E-state index contributed by atoms with van der Waals surface area (Å²) in [6.07, 6.45) is 3.88. The minimum Gasteiger partial charge on any atom is -0.309 e. The van der Waals surface area contributed by atoms with Crippen LogP contribution in [0.4, 0.5) is 0 Å². The molecule has 0 amide bonds. The summed E-state index contributed by atoms with van der Waals surface area (Å²) in [5.41, 5.74) is 3.74. The summed E-state index contributed by atoms with van der Waals surface area (Å²) in [5.74, 6) is 0. The van der Waals surface area contributed by atoms with Gasteiger partial charge in [0.2, 0.25) is 0 Å². The number of aryl methyl sites for hydroxylation is 1. The van der Waals surface area contributed by atoms with E-state index in [2.05, 4.69) is 69.6 Å². The fourth-order valence-electron chi connectivity index (χ4n) is 2.77.